The summed E-state index contributed by atoms with van der Waals surface area (Å²) in [5.74, 6) is 3.33. The first kappa shape index (κ1) is 25.8. The van der Waals surface area contributed by atoms with Gasteiger partial charge in [0.1, 0.15) is 5.69 Å². The average molecular weight is 575 g/mol. The number of nitrogens with zero attached hydrogens (tertiary/aromatic N) is 5. The lowest BCUT2D eigenvalue weighted by molar-refractivity contribution is 0.0653. The molecule has 1 amide bonds. The minimum atomic E-state index is -0.261. The fourth-order valence-corrected chi connectivity index (χ4v) is 5.07. The Morgan fingerprint density at radius 2 is 2.00 bits per heavy atom. The number of nitrogens with one attached hydrogen (secondary N) is 1. The molecule has 0 spiro atoms. The number of halogens is 1. The normalized spacial score (nSPS) is 17.3. The Balaban J connectivity index is 1.55. The molecule has 3 heterocycles. The summed E-state index contributed by atoms with van der Waals surface area (Å²) >= 11 is 3.41. The first-order chi connectivity index (χ1) is 18.2. The maximum Gasteiger partial charge on any atom is 0.264 e. The van der Waals surface area contributed by atoms with Gasteiger partial charge in [-0.15, -0.1) is 6.42 Å². The van der Waals surface area contributed by atoms with E-state index in [1.165, 1.54) is 23.9 Å². The van der Waals surface area contributed by atoms with E-state index in [1.54, 1.807) is 23.1 Å². The second-order valence-electron chi connectivity index (χ2n) is 9.91. The van der Waals surface area contributed by atoms with Crippen LogP contribution in [0.15, 0.2) is 39.9 Å². The highest BCUT2D eigenvalue weighted by Gasteiger charge is 2.34. The summed E-state index contributed by atoms with van der Waals surface area (Å²) in [7, 11) is 0. The van der Waals surface area contributed by atoms with E-state index in [-0.39, 0.29) is 47.4 Å². The van der Waals surface area contributed by atoms with Gasteiger partial charge in [0, 0.05) is 40.2 Å². The molecular formula is C28H27BrN6O3. The molecule has 1 N–H and O–H groups in total. The van der Waals surface area contributed by atoms with Crippen LogP contribution in [0.1, 0.15) is 71.3 Å². The van der Waals surface area contributed by atoms with Crippen molar-refractivity contribution in [3.63, 3.8) is 0 Å². The van der Waals surface area contributed by atoms with Gasteiger partial charge in [0.15, 0.2) is 11.6 Å². The first-order valence-electron chi connectivity index (χ1n) is 12.5. The third-order valence-electron chi connectivity index (χ3n) is 7.16. The molecule has 194 valence electrons. The maximum absolute atomic E-state index is 13.9. The van der Waals surface area contributed by atoms with Gasteiger partial charge < -0.3 is 10.2 Å². The SMILES string of the molecule is C#Cc1cc(C(=O)N2Cc3nc(NC(C)C4CC4)n(-c4cnc(C(C)=O)cn4)c(=O)c3CC2C)ccc1Br. The summed E-state index contributed by atoms with van der Waals surface area (Å²) in [4.78, 5) is 54.1. The molecule has 9 nitrogen and oxygen atoms in total. The zero-order chi connectivity index (χ0) is 27.1. The number of hydrogen-bond donors (Lipinski definition) is 1. The van der Waals surface area contributed by atoms with Gasteiger partial charge in [-0.05, 0) is 73.2 Å². The minimum Gasteiger partial charge on any atom is -0.352 e. The summed E-state index contributed by atoms with van der Waals surface area (Å²) in [6.07, 6.45) is 10.9. The van der Waals surface area contributed by atoms with Crippen LogP contribution in [0.3, 0.4) is 0 Å². The van der Waals surface area contributed by atoms with E-state index >= 15 is 0 Å². The van der Waals surface area contributed by atoms with Gasteiger partial charge in [-0.3, -0.25) is 14.4 Å². The quantitative estimate of drug-likeness (QED) is 0.352. The second kappa shape index (κ2) is 10.1. The van der Waals surface area contributed by atoms with Crippen LogP contribution in [0.5, 0.6) is 0 Å². The molecule has 10 heteroatoms. The number of hydrogen-bond acceptors (Lipinski definition) is 7. The van der Waals surface area contributed by atoms with Gasteiger partial charge in [0.05, 0.1) is 24.6 Å². The number of benzene rings is 1. The van der Waals surface area contributed by atoms with E-state index in [0.717, 1.165) is 17.3 Å². The van der Waals surface area contributed by atoms with Gasteiger partial charge >= 0.3 is 0 Å². The zero-order valence-corrected chi connectivity index (χ0v) is 22.9. The van der Waals surface area contributed by atoms with E-state index in [1.807, 2.05) is 6.92 Å². The van der Waals surface area contributed by atoms with Gasteiger partial charge in [-0.2, -0.15) is 0 Å². The van der Waals surface area contributed by atoms with Crippen LogP contribution in [0.4, 0.5) is 5.95 Å². The molecule has 1 aliphatic carbocycles. The molecule has 2 unspecified atom stereocenters. The van der Waals surface area contributed by atoms with Crippen LogP contribution in [-0.4, -0.2) is 48.2 Å². The average Bonchev–Trinajstić information content (AvgIpc) is 3.75. The van der Waals surface area contributed by atoms with Crippen molar-refractivity contribution >= 4 is 33.6 Å². The Bertz CT molecular complexity index is 1540. The molecule has 38 heavy (non-hydrogen) atoms. The molecule has 0 saturated heterocycles. The number of carbonyl (C=O) groups excluding carboxylic acids is 2. The predicted octanol–water partition coefficient (Wildman–Crippen LogP) is 3.77. The summed E-state index contributed by atoms with van der Waals surface area (Å²) in [6, 6.07) is 5.04. The Morgan fingerprint density at radius 3 is 2.63 bits per heavy atom. The van der Waals surface area contributed by atoms with Crippen molar-refractivity contribution in [1.82, 2.24) is 24.4 Å². The van der Waals surface area contributed by atoms with Crippen molar-refractivity contribution in [2.24, 2.45) is 5.92 Å². The fourth-order valence-electron chi connectivity index (χ4n) is 4.71. The molecule has 1 fully saturated rings. The summed E-state index contributed by atoms with van der Waals surface area (Å²) < 4.78 is 2.17. The van der Waals surface area contributed by atoms with Gasteiger partial charge in [0.2, 0.25) is 5.95 Å². The topological polar surface area (TPSA) is 110 Å². The molecular weight excluding hydrogens is 548 g/mol. The van der Waals surface area contributed by atoms with Gasteiger partial charge in [0.25, 0.3) is 11.5 Å². The second-order valence-corrected chi connectivity index (χ2v) is 10.8. The fraction of sp³-hybridized carbons (Fsp3) is 0.357. The molecule has 5 rings (SSSR count). The predicted molar refractivity (Wildman–Crippen MR) is 146 cm³/mol. The van der Waals surface area contributed by atoms with Crippen LogP contribution in [0.25, 0.3) is 5.82 Å². The number of Topliss-reactive ketones (excluding diaryl/α,β-unsaturated/α-hetero) is 1. The number of carbonyl (C=O) groups is 2. The van der Waals surface area contributed by atoms with Crippen LogP contribution < -0.4 is 10.9 Å². The van der Waals surface area contributed by atoms with E-state index < -0.39 is 0 Å². The molecule has 1 saturated carbocycles. The molecule has 1 aromatic carbocycles. The first-order valence-corrected chi connectivity index (χ1v) is 13.3. The standard InChI is InChI=1S/C28H27BrN6O3/c1-5-18-11-20(8-9-22(18)29)26(37)34-14-24-21(10-15(34)2)27(38)35(25-13-30-23(12-31-25)17(4)36)28(33-24)32-16(3)19-6-7-19/h1,8-9,11-13,15-16,19H,6-7,10,14H2,2-4H3,(H,32,33). The van der Waals surface area contributed by atoms with E-state index in [9.17, 15) is 14.4 Å². The van der Waals surface area contributed by atoms with Gasteiger partial charge in [-0.1, -0.05) is 5.92 Å². The third kappa shape index (κ3) is 4.86. The van der Waals surface area contributed by atoms with Crippen LogP contribution in [0, 0.1) is 18.3 Å². The minimum absolute atomic E-state index is 0.0980. The maximum atomic E-state index is 13.9. The number of aromatic nitrogens is 4. The summed E-state index contributed by atoms with van der Waals surface area (Å²) in [6.45, 7) is 5.58. The lowest BCUT2D eigenvalue weighted by atomic mass is 9.98. The van der Waals surface area contributed by atoms with Crippen molar-refractivity contribution in [1.29, 1.82) is 0 Å². The number of rotatable bonds is 6. The number of terminal acetylenes is 1. The van der Waals surface area contributed by atoms with Crippen molar-refractivity contribution < 1.29 is 9.59 Å². The Morgan fingerprint density at radius 1 is 1.24 bits per heavy atom. The van der Waals surface area contributed by atoms with Crippen molar-refractivity contribution in [2.45, 2.75) is 58.7 Å². The highest BCUT2D eigenvalue weighted by molar-refractivity contribution is 9.10. The Hall–Kier alpha value is -3.84. The monoisotopic (exact) mass is 574 g/mol. The number of ketones is 1. The molecule has 2 atom stereocenters. The van der Waals surface area contributed by atoms with Gasteiger partial charge in [-0.25, -0.2) is 19.5 Å². The highest BCUT2D eigenvalue weighted by Crippen LogP contribution is 2.34. The summed E-state index contributed by atoms with van der Waals surface area (Å²) in [5.41, 5.74) is 2.11. The van der Waals surface area contributed by atoms with Crippen molar-refractivity contribution in [3.8, 4) is 18.2 Å². The van der Waals surface area contributed by atoms with Crippen molar-refractivity contribution in [2.75, 3.05) is 5.32 Å². The van der Waals surface area contributed by atoms with Crippen LogP contribution in [0.2, 0.25) is 0 Å². The Labute approximate surface area is 228 Å². The molecule has 1 aliphatic heterocycles. The van der Waals surface area contributed by atoms with E-state index in [4.69, 9.17) is 11.4 Å². The lowest BCUT2D eigenvalue weighted by Crippen LogP contribution is -2.46. The number of amides is 1. The molecule has 2 aromatic heterocycles. The van der Waals surface area contributed by atoms with Crippen LogP contribution >= 0.6 is 15.9 Å². The lowest BCUT2D eigenvalue weighted by Gasteiger charge is -2.34. The highest BCUT2D eigenvalue weighted by atomic mass is 79.9. The number of fused-ring (bicyclic) bond motifs is 1. The largest absolute Gasteiger partial charge is 0.352 e. The molecule has 2 aliphatic rings. The molecule has 0 radical (unpaired) electrons. The molecule has 3 aromatic rings. The zero-order valence-electron chi connectivity index (χ0n) is 21.4. The van der Waals surface area contributed by atoms with E-state index in [0.29, 0.717) is 40.7 Å². The molecule has 0 bridgehead atoms. The third-order valence-corrected chi connectivity index (χ3v) is 7.85. The van der Waals surface area contributed by atoms with Crippen molar-refractivity contribution in [3.05, 3.63) is 73.5 Å². The smallest absolute Gasteiger partial charge is 0.264 e. The summed E-state index contributed by atoms with van der Waals surface area (Å²) in [5, 5.41) is 3.39. The Kier molecular flexibility index (Phi) is 6.88. The number of anilines is 1. The van der Waals surface area contributed by atoms with E-state index in [2.05, 4.69) is 44.1 Å². The van der Waals surface area contributed by atoms with Crippen LogP contribution in [-0.2, 0) is 13.0 Å².